The number of unbranched alkanes of at least 4 members (excludes halogenated alkanes) is 2. The Morgan fingerprint density at radius 3 is 2.30 bits per heavy atom. The molecule has 0 amide bonds. The summed E-state index contributed by atoms with van der Waals surface area (Å²) in [6.07, 6.45) is 10.3. The van der Waals surface area contributed by atoms with Crippen molar-refractivity contribution >= 4 is 5.57 Å². The van der Waals surface area contributed by atoms with E-state index in [1.807, 2.05) is 0 Å². The van der Waals surface area contributed by atoms with Crippen molar-refractivity contribution in [1.29, 1.82) is 0 Å². The highest BCUT2D eigenvalue weighted by Gasteiger charge is 2.28. The SMILES string of the molecule is C=C(CC(C)(C)N1CCCCC1)c1ccc(CCCCC)cc1. The molecule has 0 unspecified atom stereocenters. The van der Waals surface area contributed by atoms with Gasteiger partial charge in [-0.25, -0.2) is 0 Å². The second-order valence-electron chi connectivity index (χ2n) is 7.79. The minimum Gasteiger partial charge on any atom is -0.298 e. The van der Waals surface area contributed by atoms with Crippen LogP contribution in [-0.4, -0.2) is 23.5 Å². The molecule has 0 bridgehead atoms. The molecule has 0 N–H and O–H groups in total. The molecule has 0 saturated carbocycles. The molecule has 1 aromatic carbocycles. The lowest BCUT2D eigenvalue weighted by Gasteiger charge is -2.41. The van der Waals surface area contributed by atoms with Crippen molar-refractivity contribution < 1.29 is 0 Å². The number of hydrogen-bond donors (Lipinski definition) is 0. The number of benzene rings is 1. The van der Waals surface area contributed by atoms with Crippen LogP contribution < -0.4 is 0 Å². The van der Waals surface area contributed by atoms with Gasteiger partial charge >= 0.3 is 0 Å². The zero-order valence-electron chi connectivity index (χ0n) is 15.5. The highest BCUT2D eigenvalue weighted by atomic mass is 15.2. The Labute approximate surface area is 143 Å². The van der Waals surface area contributed by atoms with Crippen LogP contribution in [0.5, 0.6) is 0 Å². The largest absolute Gasteiger partial charge is 0.298 e. The van der Waals surface area contributed by atoms with Crippen LogP contribution in [-0.2, 0) is 6.42 Å². The highest BCUT2D eigenvalue weighted by molar-refractivity contribution is 5.64. The van der Waals surface area contributed by atoms with Crippen LogP contribution in [0.3, 0.4) is 0 Å². The van der Waals surface area contributed by atoms with Gasteiger partial charge in [0.1, 0.15) is 0 Å². The summed E-state index contributed by atoms with van der Waals surface area (Å²) in [5.41, 5.74) is 4.28. The third-order valence-corrected chi connectivity index (χ3v) is 5.29. The molecule has 1 aromatic rings. The first-order valence-electron chi connectivity index (χ1n) is 9.55. The van der Waals surface area contributed by atoms with E-state index in [4.69, 9.17) is 0 Å². The number of piperidine rings is 1. The van der Waals surface area contributed by atoms with Crippen molar-refractivity contribution in [3.63, 3.8) is 0 Å². The molecule has 0 atom stereocenters. The van der Waals surface area contributed by atoms with E-state index in [9.17, 15) is 0 Å². The lowest BCUT2D eigenvalue weighted by molar-refractivity contribution is 0.0996. The van der Waals surface area contributed by atoms with Gasteiger partial charge in [0.15, 0.2) is 0 Å². The quantitative estimate of drug-likeness (QED) is 0.525. The van der Waals surface area contributed by atoms with Crippen LogP contribution in [0.2, 0.25) is 0 Å². The van der Waals surface area contributed by atoms with Crippen LogP contribution in [0.1, 0.15) is 76.8 Å². The van der Waals surface area contributed by atoms with Gasteiger partial charge in [0.2, 0.25) is 0 Å². The maximum Gasteiger partial charge on any atom is 0.0193 e. The predicted octanol–water partition coefficient (Wildman–Crippen LogP) is 6.09. The molecule has 128 valence electrons. The summed E-state index contributed by atoms with van der Waals surface area (Å²) in [4.78, 5) is 2.65. The summed E-state index contributed by atoms with van der Waals surface area (Å²) in [6.45, 7) is 13.9. The first-order valence-corrected chi connectivity index (χ1v) is 9.55. The molecule has 1 fully saturated rings. The summed E-state index contributed by atoms with van der Waals surface area (Å²) in [5.74, 6) is 0. The maximum atomic E-state index is 4.38. The molecule has 1 heteroatoms. The normalized spacial score (nSPS) is 16.5. The third-order valence-electron chi connectivity index (χ3n) is 5.29. The first kappa shape index (κ1) is 18.3. The molecule has 1 aliphatic heterocycles. The molecule has 1 heterocycles. The molecule has 0 radical (unpaired) electrons. The van der Waals surface area contributed by atoms with E-state index in [0.29, 0.717) is 0 Å². The lowest BCUT2D eigenvalue weighted by Crippen LogP contribution is -2.46. The fourth-order valence-corrected chi connectivity index (χ4v) is 3.72. The maximum absolute atomic E-state index is 4.38. The van der Waals surface area contributed by atoms with Crippen LogP contribution in [0.15, 0.2) is 30.8 Å². The zero-order valence-corrected chi connectivity index (χ0v) is 15.5. The van der Waals surface area contributed by atoms with E-state index >= 15 is 0 Å². The number of nitrogens with zero attached hydrogens (tertiary/aromatic N) is 1. The van der Waals surface area contributed by atoms with Gasteiger partial charge in [0.25, 0.3) is 0 Å². The van der Waals surface area contributed by atoms with E-state index in [-0.39, 0.29) is 5.54 Å². The Kier molecular flexibility index (Phi) is 6.89. The lowest BCUT2D eigenvalue weighted by atomic mass is 9.88. The van der Waals surface area contributed by atoms with Gasteiger partial charge in [-0.05, 0) is 75.7 Å². The highest BCUT2D eigenvalue weighted by Crippen LogP contribution is 2.30. The first-order chi connectivity index (χ1) is 11.0. The molecule has 2 rings (SSSR count). The summed E-state index contributed by atoms with van der Waals surface area (Å²) >= 11 is 0. The van der Waals surface area contributed by atoms with E-state index < -0.39 is 0 Å². The summed E-state index contributed by atoms with van der Waals surface area (Å²) < 4.78 is 0. The monoisotopic (exact) mass is 313 g/mol. The van der Waals surface area contributed by atoms with Gasteiger partial charge in [-0.3, -0.25) is 4.90 Å². The fraction of sp³-hybridized carbons (Fsp3) is 0.636. The van der Waals surface area contributed by atoms with Crippen LogP contribution >= 0.6 is 0 Å². The Morgan fingerprint density at radius 2 is 1.70 bits per heavy atom. The molecule has 1 aliphatic rings. The van der Waals surface area contributed by atoms with Crippen LogP contribution in [0, 0.1) is 0 Å². The predicted molar refractivity (Wildman–Crippen MR) is 103 cm³/mol. The minimum absolute atomic E-state index is 0.220. The Morgan fingerprint density at radius 1 is 1.04 bits per heavy atom. The van der Waals surface area contributed by atoms with Crippen molar-refractivity contribution in [1.82, 2.24) is 4.90 Å². The third kappa shape index (κ3) is 5.49. The van der Waals surface area contributed by atoms with Gasteiger partial charge in [-0.1, -0.05) is 57.0 Å². The fourth-order valence-electron chi connectivity index (χ4n) is 3.72. The number of rotatable bonds is 8. The van der Waals surface area contributed by atoms with Crippen molar-refractivity contribution in [2.24, 2.45) is 0 Å². The van der Waals surface area contributed by atoms with E-state index in [2.05, 4.69) is 56.5 Å². The average molecular weight is 314 g/mol. The second-order valence-corrected chi connectivity index (χ2v) is 7.79. The Bertz CT molecular complexity index is 477. The summed E-state index contributed by atoms with van der Waals surface area (Å²) in [7, 11) is 0. The molecule has 23 heavy (non-hydrogen) atoms. The van der Waals surface area contributed by atoms with Crippen LogP contribution in [0.25, 0.3) is 5.57 Å². The number of hydrogen-bond acceptors (Lipinski definition) is 1. The summed E-state index contributed by atoms with van der Waals surface area (Å²) in [6, 6.07) is 9.14. The van der Waals surface area contributed by atoms with Gasteiger partial charge < -0.3 is 0 Å². The van der Waals surface area contributed by atoms with Gasteiger partial charge in [0, 0.05) is 5.54 Å². The molecule has 1 nitrogen and oxygen atoms in total. The zero-order chi connectivity index (χ0) is 16.7. The van der Waals surface area contributed by atoms with Crippen molar-refractivity contribution in [3.05, 3.63) is 42.0 Å². The minimum atomic E-state index is 0.220. The number of likely N-dealkylation sites (tertiary alicyclic amines) is 1. The van der Waals surface area contributed by atoms with Gasteiger partial charge in [-0.15, -0.1) is 0 Å². The Hall–Kier alpha value is -1.08. The van der Waals surface area contributed by atoms with Crippen molar-refractivity contribution in [3.8, 4) is 0 Å². The molecule has 0 aromatic heterocycles. The van der Waals surface area contributed by atoms with Gasteiger partial charge in [-0.2, -0.15) is 0 Å². The van der Waals surface area contributed by atoms with E-state index in [1.165, 1.54) is 74.7 Å². The Balaban J connectivity index is 1.91. The second kappa shape index (κ2) is 8.68. The number of aryl methyl sites for hydroxylation is 1. The molecule has 0 spiro atoms. The molecular weight excluding hydrogens is 278 g/mol. The van der Waals surface area contributed by atoms with Crippen molar-refractivity contribution in [2.75, 3.05) is 13.1 Å². The molecule has 0 aliphatic carbocycles. The summed E-state index contributed by atoms with van der Waals surface area (Å²) in [5, 5.41) is 0. The van der Waals surface area contributed by atoms with Crippen molar-refractivity contribution in [2.45, 2.75) is 77.7 Å². The average Bonchev–Trinajstić information content (AvgIpc) is 2.56. The van der Waals surface area contributed by atoms with Gasteiger partial charge in [0.05, 0.1) is 0 Å². The molecular formula is C22H35N. The molecule has 1 saturated heterocycles. The standard InChI is InChI=1S/C22H35N/c1-5-6-8-11-20-12-14-21(15-13-20)19(2)18-22(3,4)23-16-9-7-10-17-23/h12-15H,2,5-11,16-18H2,1,3-4H3. The smallest absolute Gasteiger partial charge is 0.0193 e. The topological polar surface area (TPSA) is 3.24 Å². The van der Waals surface area contributed by atoms with Crippen LogP contribution in [0.4, 0.5) is 0 Å². The van der Waals surface area contributed by atoms with E-state index in [0.717, 1.165) is 6.42 Å². The van der Waals surface area contributed by atoms with E-state index in [1.54, 1.807) is 0 Å².